The van der Waals surface area contributed by atoms with Crippen LogP contribution in [0.25, 0.3) is 11.1 Å². The van der Waals surface area contributed by atoms with Crippen molar-refractivity contribution < 1.29 is 9.13 Å². The predicted octanol–water partition coefficient (Wildman–Crippen LogP) is 6.80. The minimum Gasteiger partial charge on any atom is -0.480 e. The van der Waals surface area contributed by atoms with Crippen molar-refractivity contribution in [3.05, 3.63) is 98.4 Å². The highest BCUT2D eigenvalue weighted by Crippen LogP contribution is 2.46. The van der Waals surface area contributed by atoms with E-state index in [9.17, 15) is 4.39 Å². The fourth-order valence-corrected chi connectivity index (χ4v) is 3.79. The standard InChI is InChI=1S/C23H18FIO/c1-14-3-12-20-15(2)22(16-4-8-18(24)9-5-16)23(26-21(20)13-14)17-6-10-19(25)11-7-17/h3-13,23H,1-2H3. The summed E-state index contributed by atoms with van der Waals surface area (Å²) in [6, 6.07) is 21.3. The molecule has 1 nitrogen and oxygen atoms in total. The van der Waals surface area contributed by atoms with Crippen LogP contribution < -0.4 is 4.74 Å². The van der Waals surface area contributed by atoms with E-state index in [0.29, 0.717) is 0 Å². The van der Waals surface area contributed by atoms with Crippen LogP contribution in [0.15, 0.2) is 66.7 Å². The van der Waals surface area contributed by atoms with Crippen LogP contribution in [-0.4, -0.2) is 0 Å². The first kappa shape index (κ1) is 17.3. The van der Waals surface area contributed by atoms with E-state index in [2.05, 4.69) is 78.9 Å². The Bertz CT molecular complexity index is 988. The Hall–Kier alpha value is -2.14. The highest BCUT2D eigenvalue weighted by atomic mass is 127. The van der Waals surface area contributed by atoms with Crippen LogP contribution in [0, 0.1) is 16.3 Å². The van der Waals surface area contributed by atoms with Gasteiger partial charge in [-0.05, 0) is 89.0 Å². The van der Waals surface area contributed by atoms with Gasteiger partial charge in [-0.1, -0.05) is 36.4 Å². The molecule has 1 unspecified atom stereocenters. The molecule has 26 heavy (non-hydrogen) atoms. The predicted molar refractivity (Wildman–Crippen MR) is 113 cm³/mol. The molecule has 3 heteroatoms. The number of hydrogen-bond donors (Lipinski definition) is 0. The van der Waals surface area contributed by atoms with Gasteiger partial charge in [-0.15, -0.1) is 0 Å². The van der Waals surface area contributed by atoms with Gasteiger partial charge >= 0.3 is 0 Å². The second-order valence-corrected chi connectivity index (χ2v) is 7.84. The maximum Gasteiger partial charge on any atom is 0.150 e. The highest BCUT2D eigenvalue weighted by Gasteiger charge is 2.29. The van der Waals surface area contributed by atoms with Gasteiger partial charge in [0.15, 0.2) is 0 Å². The van der Waals surface area contributed by atoms with Crippen molar-refractivity contribution >= 4 is 33.7 Å². The zero-order valence-corrected chi connectivity index (χ0v) is 16.7. The van der Waals surface area contributed by atoms with Gasteiger partial charge in [-0.2, -0.15) is 0 Å². The molecule has 3 aromatic carbocycles. The van der Waals surface area contributed by atoms with E-state index in [1.807, 2.05) is 12.1 Å². The molecular formula is C23H18FIO. The number of ether oxygens (including phenoxy) is 1. The quantitative estimate of drug-likeness (QED) is 0.386. The average Bonchev–Trinajstić information content (AvgIpc) is 2.63. The molecule has 1 heterocycles. The number of rotatable bonds is 2. The first-order chi connectivity index (χ1) is 12.5. The molecule has 4 rings (SSSR count). The lowest BCUT2D eigenvalue weighted by molar-refractivity contribution is 0.260. The topological polar surface area (TPSA) is 9.23 Å². The largest absolute Gasteiger partial charge is 0.480 e. The molecule has 0 radical (unpaired) electrons. The summed E-state index contributed by atoms with van der Waals surface area (Å²) in [4.78, 5) is 0. The third-order valence-corrected chi connectivity index (χ3v) is 5.50. The van der Waals surface area contributed by atoms with Crippen molar-refractivity contribution in [1.29, 1.82) is 0 Å². The molecule has 3 aromatic rings. The molecule has 1 aliphatic rings. The monoisotopic (exact) mass is 456 g/mol. The summed E-state index contributed by atoms with van der Waals surface area (Å²) in [5.74, 6) is 0.669. The van der Waals surface area contributed by atoms with Crippen molar-refractivity contribution in [2.75, 3.05) is 0 Å². The van der Waals surface area contributed by atoms with Gasteiger partial charge in [0.05, 0.1) is 0 Å². The second-order valence-electron chi connectivity index (χ2n) is 6.59. The van der Waals surface area contributed by atoms with Crippen LogP contribution in [-0.2, 0) is 0 Å². The first-order valence-corrected chi connectivity index (χ1v) is 9.60. The molecular weight excluding hydrogens is 438 g/mol. The van der Waals surface area contributed by atoms with Gasteiger partial charge in [-0.25, -0.2) is 4.39 Å². The van der Waals surface area contributed by atoms with Gasteiger partial charge in [0, 0.05) is 14.7 Å². The summed E-state index contributed by atoms with van der Waals surface area (Å²) < 4.78 is 21.1. The van der Waals surface area contributed by atoms with Crippen molar-refractivity contribution in [3.63, 3.8) is 0 Å². The van der Waals surface area contributed by atoms with E-state index in [1.54, 1.807) is 0 Å². The smallest absolute Gasteiger partial charge is 0.150 e. The zero-order valence-electron chi connectivity index (χ0n) is 14.6. The van der Waals surface area contributed by atoms with Crippen LogP contribution in [0.1, 0.15) is 35.3 Å². The molecule has 0 spiro atoms. The van der Waals surface area contributed by atoms with Gasteiger partial charge in [0.25, 0.3) is 0 Å². The molecule has 0 aromatic heterocycles. The number of hydrogen-bond acceptors (Lipinski definition) is 1. The Morgan fingerprint density at radius 1 is 0.885 bits per heavy atom. The lowest BCUT2D eigenvalue weighted by Gasteiger charge is -2.31. The molecule has 0 saturated heterocycles. The zero-order chi connectivity index (χ0) is 18.3. The minimum atomic E-state index is -0.231. The van der Waals surface area contributed by atoms with E-state index in [0.717, 1.165) is 28.0 Å². The van der Waals surface area contributed by atoms with Gasteiger partial charge in [-0.3, -0.25) is 0 Å². The van der Waals surface area contributed by atoms with E-state index in [-0.39, 0.29) is 11.9 Å². The Morgan fingerprint density at radius 3 is 2.27 bits per heavy atom. The third-order valence-electron chi connectivity index (χ3n) is 4.78. The van der Waals surface area contributed by atoms with Gasteiger partial charge < -0.3 is 4.74 Å². The summed E-state index contributed by atoms with van der Waals surface area (Å²) in [6.07, 6.45) is -0.216. The molecule has 0 aliphatic carbocycles. The van der Waals surface area contributed by atoms with Crippen molar-refractivity contribution in [2.45, 2.75) is 20.0 Å². The van der Waals surface area contributed by atoms with Crippen molar-refractivity contribution in [2.24, 2.45) is 0 Å². The maximum absolute atomic E-state index is 13.5. The number of benzene rings is 3. The van der Waals surface area contributed by atoms with Gasteiger partial charge in [0.2, 0.25) is 0 Å². The minimum absolute atomic E-state index is 0.216. The van der Waals surface area contributed by atoms with Crippen LogP contribution in [0.3, 0.4) is 0 Å². The first-order valence-electron chi connectivity index (χ1n) is 8.53. The van der Waals surface area contributed by atoms with Gasteiger partial charge in [0.1, 0.15) is 17.7 Å². The van der Waals surface area contributed by atoms with E-state index in [1.165, 1.54) is 26.8 Å². The van der Waals surface area contributed by atoms with Crippen LogP contribution in [0.5, 0.6) is 5.75 Å². The molecule has 130 valence electrons. The molecule has 1 atom stereocenters. The summed E-state index contributed by atoms with van der Waals surface area (Å²) in [7, 11) is 0. The molecule has 0 amide bonds. The van der Waals surface area contributed by atoms with Crippen LogP contribution >= 0.6 is 22.6 Å². The summed E-state index contributed by atoms with van der Waals surface area (Å²) >= 11 is 2.30. The maximum atomic E-state index is 13.5. The SMILES string of the molecule is CC1=C(c2ccc(F)cc2)C(c2ccc(I)cc2)Oc2cc(C)ccc21. The highest BCUT2D eigenvalue weighted by molar-refractivity contribution is 14.1. The van der Waals surface area contributed by atoms with E-state index < -0.39 is 0 Å². The summed E-state index contributed by atoms with van der Waals surface area (Å²) in [6.45, 7) is 4.19. The van der Waals surface area contributed by atoms with E-state index >= 15 is 0 Å². The molecule has 1 aliphatic heterocycles. The van der Waals surface area contributed by atoms with E-state index in [4.69, 9.17) is 4.74 Å². The third kappa shape index (κ3) is 3.16. The van der Waals surface area contributed by atoms with Crippen molar-refractivity contribution in [1.82, 2.24) is 0 Å². The van der Waals surface area contributed by atoms with Crippen LogP contribution in [0.4, 0.5) is 4.39 Å². The number of halogens is 2. The summed E-state index contributed by atoms with van der Waals surface area (Å²) in [5, 5.41) is 0. The molecule has 0 fully saturated rings. The summed E-state index contributed by atoms with van der Waals surface area (Å²) in [5.41, 5.74) is 6.60. The fraction of sp³-hybridized carbons (Fsp3) is 0.130. The lowest BCUT2D eigenvalue weighted by Crippen LogP contribution is -2.16. The average molecular weight is 456 g/mol. The van der Waals surface area contributed by atoms with Crippen LogP contribution in [0.2, 0.25) is 0 Å². The number of aryl methyl sites for hydroxylation is 1. The lowest BCUT2D eigenvalue weighted by atomic mass is 9.86. The molecule has 0 bridgehead atoms. The second kappa shape index (κ2) is 6.88. The number of fused-ring (bicyclic) bond motifs is 1. The van der Waals surface area contributed by atoms with Crippen molar-refractivity contribution in [3.8, 4) is 5.75 Å². The molecule has 0 saturated carbocycles. The normalized spacial score (nSPS) is 16.2. The Morgan fingerprint density at radius 2 is 1.58 bits per heavy atom. The molecule has 0 N–H and O–H groups in total. The Balaban J connectivity index is 1.92. The fourth-order valence-electron chi connectivity index (χ4n) is 3.43. The Labute approximate surface area is 166 Å². The number of allylic oxidation sites excluding steroid dienone is 1. The Kier molecular flexibility index (Phi) is 4.57.